The molecule has 4 rings (SSSR count). The Hall–Kier alpha value is -2.73. The molecule has 1 saturated carbocycles. The summed E-state index contributed by atoms with van der Waals surface area (Å²) in [6, 6.07) is 10.3. The van der Waals surface area contributed by atoms with Crippen molar-refractivity contribution in [1.82, 2.24) is 4.57 Å². The Morgan fingerprint density at radius 1 is 1.17 bits per heavy atom. The zero-order valence-electron chi connectivity index (χ0n) is 17.0. The van der Waals surface area contributed by atoms with Gasteiger partial charge in [0.15, 0.2) is 11.6 Å². The Morgan fingerprint density at radius 2 is 1.80 bits per heavy atom. The maximum absolute atomic E-state index is 14.3. The van der Waals surface area contributed by atoms with Crippen LogP contribution in [0.2, 0.25) is 0 Å². The van der Waals surface area contributed by atoms with E-state index in [0.717, 1.165) is 36.8 Å². The molecular formula is C24H24FNO3S. The van der Waals surface area contributed by atoms with E-state index in [9.17, 15) is 19.4 Å². The molecule has 1 aliphatic carbocycles. The molecule has 0 bridgehead atoms. The number of carboxylic acid groups (broad SMARTS) is 1. The number of thiocarbonyl (C=S) groups is 1. The summed E-state index contributed by atoms with van der Waals surface area (Å²) in [6.07, 6.45) is 3.71. The maximum atomic E-state index is 14.3. The highest BCUT2D eigenvalue weighted by atomic mass is 32.1. The molecule has 4 nitrogen and oxygen atoms in total. The quantitative estimate of drug-likeness (QED) is 0.528. The van der Waals surface area contributed by atoms with E-state index in [1.165, 1.54) is 12.1 Å². The molecule has 1 heterocycles. The van der Waals surface area contributed by atoms with E-state index in [1.54, 1.807) is 4.57 Å². The van der Waals surface area contributed by atoms with Crippen molar-refractivity contribution >= 4 is 34.1 Å². The van der Waals surface area contributed by atoms with Crippen LogP contribution in [0.15, 0.2) is 36.4 Å². The molecule has 1 aliphatic rings. The SMILES string of the molecule is Cc1ccc(C(=S)n2c(C)c(C(C(=O)O)C3CCCC3)c3cc(O)c(F)cc32)cc1. The lowest BCUT2D eigenvalue weighted by Gasteiger charge is -2.20. The van der Waals surface area contributed by atoms with Crippen LogP contribution in [0.3, 0.4) is 0 Å². The molecule has 30 heavy (non-hydrogen) atoms. The van der Waals surface area contributed by atoms with Crippen LogP contribution in [-0.4, -0.2) is 25.7 Å². The highest BCUT2D eigenvalue weighted by Gasteiger charge is 2.36. The van der Waals surface area contributed by atoms with E-state index in [0.29, 0.717) is 27.1 Å². The number of aliphatic carboxylic acids is 1. The van der Waals surface area contributed by atoms with Crippen LogP contribution >= 0.6 is 12.2 Å². The number of phenols is 1. The van der Waals surface area contributed by atoms with Crippen LogP contribution in [0.5, 0.6) is 5.75 Å². The standard InChI is InChI=1S/C24H24FNO3S/c1-13-7-9-16(10-8-13)23(30)26-14(2)21(17-11-20(27)18(25)12-19(17)26)22(24(28)29)15-5-3-4-6-15/h7-12,15,22,27H,3-6H2,1-2H3,(H,28,29). The van der Waals surface area contributed by atoms with Crippen molar-refractivity contribution in [2.75, 3.05) is 0 Å². The van der Waals surface area contributed by atoms with Crippen molar-refractivity contribution in [2.45, 2.75) is 45.4 Å². The fourth-order valence-electron chi connectivity index (χ4n) is 4.78. The van der Waals surface area contributed by atoms with Gasteiger partial charge >= 0.3 is 5.97 Å². The third-order valence-electron chi connectivity index (χ3n) is 6.27. The minimum atomic E-state index is -0.894. The molecule has 0 saturated heterocycles. The van der Waals surface area contributed by atoms with Crippen LogP contribution in [0.1, 0.15) is 54.0 Å². The number of fused-ring (bicyclic) bond motifs is 1. The molecule has 0 radical (unpaired) electrons. The van der Waals surface area contributed by atoms with E-state index < -0.39 is 23.5 Å². The molecule has 6 heteroatoms. The van der Waals surface area contributed by atoms with Crippen LogP contribution in [-0.2, 0) is 4.79 Å². The van der Waals surface area contributed by atoms with Crippen molar-refractivity contribution in [1.29, 1.82) is 0 Å². The number of aromatic hydroxyl groups is 1. The van der Waals surface area contributed by atoms with E-state index in [-0.39, 0.29) is 5.92 Å². The predicted octanol–water partition coefficient (Wildman–Crippen LogP) is 5.69. The number of phenolic OH excluding ortho intramolecular Hbond substituents is 1. The zero-order chi connectivity index (χ0) is 21.6. The Kier molecular flexibility index (Phi) is 5.36. The van der Waals surface area contributed by atoms with Gasteiger partial charge in [-0.3, -0.25) is 4.79 Å². The number of aromatic nitrogens is 1. The molecule has 1 fully saturated rings. The fraction of sp³-hybridized carbons (Fsp3) is 0.333. The number of hydrogen-bond donors (Lipinski definition) is 2. The van der Waals surface area contributed by atoms with Gasteiger partial charge < -0.3 is 14.8 Å². The van der Waals surface area contributed by atoms with Crippen molar-refractivity contribution in [3.05, 3.63) is 64.6 Å². The van der Waals surface area contributed by atoms with Crippen molar-refractivity contribution < 1.29 is 19.4 Å². The van der Waals surface area contributed by atoms with Gasteiger partial charge in [0.2, 0.25) is 0 Å². The van der Waals surface area contributed by atoms with Gasteiger partial charge in [-0.1, -0.05) is 54.9 Å². The third-order valence-corrected chi connectivity index (χ3v) is 6.69. The number of carbonyl (C=O) groups is 1. The molecule has 3 aromatic rings. The van der Waals surface area contributed by atoms with Crippen LogP contribution < -0.4 is 0 Å². The topological polar surface area (TPSA) is 62.5 Å². The number of rotatable bonds is 4. The molecular weight excluding hydrogens is 401 g/mol. The second kappa shape index (κ2) is 7.84. The largest absolute Gasteiger partial charge is 0.505 e. The first-order valence-electron chi connectivity index (χ1n) is 10.2. The monoisotopic (exact) mass is 425 g/mol. The van der Waals surface area contributed by atoms with Crippen LogP contribution in [0, 0.1) is 25.6 Å². The third kappa shape index (κ3) is 3.39. The van der Waals surface area contributed by atoms with Gasteiger partial charge in [-0.25, -0.2) is 4.39 Å². The zero-order valence-corrected chi connectivity index (χ0v) is 17.8. The Morgan fingerprint density at radius 3 is 2.40 bits per heavy atom. The van der Waals surface area contributed by atoms with Gasteiger partial charge in [0.1, 0.15) is 4.99 Å². The Labute approximate surface area is 180 Å². The fourth-order valence-corrected chi connectivity index (χ4v) is 5.15. The van der Waals surface area contributed by atoms with Gasteiger partial charge in [-0.2, -0.15) is 0 Å². The summed E-state index contributed by atoms with van der Waals surface area (Å²) in [5.74, 6) is -2.85. The van der Waals surface area contributed by atoms with E-state index >= 15 is 0 Å². The molecule has 0 aliphatic heterocycles. The smallest absolute Gasteiger partial charge is 0.311 e. The van der Waals surface area contributed by atoms with Gasteiger partial charge in [0, 0.05) is 22.7 Å². The molecule has 0 amide bonds. The van der Waals surface area contributed by atoms with Gasteiger partial charge in [-0.15, -0.1) is 0 Å². The van der Waals surface area contributed by atoms with Crippen molar-refractivity contribution in [3.63, 3.8) is 0 Å². The van der Waals surface area contributed by atoms with Crippen molar-refractivity contribution in [2.24, 2.45) is 5.92 Å². The van der Waals surface area contributed by atoms with Crippen LogP contribution in [0.25, 0.3) is 10.9 Å². The number of aryl methyl sites for hydroxylation is 1. The molecule has 0 spiro atoms. The minimum Gasteiger partial charge on any atom is -0.505 e. The van der Waals surface area contributed by atoms with E-state index in [4.69, 9.17) is 12.2 Å². The van der Waals surface area contributed by atoms with Crippen LogP contribution in [0.4, 0.5) is 4.39 Å². The number of carboxylic acids is 1. The summed E-state index contributed by atoms with van der Waals surface area (Å²) >= 11 is 5.75. The van der Waals surface area contributed by atoms with E-state index in [1.807, 2.05) is 38.1 Å². The lowest BCUT2D eigenvalue weighted by molar-refractivity contribution is -0.140. The second-order valence-electron chi connectivity index (χ2n) is 8.19. The number of nitrogens with zero attached hydrogens (tertiary/aromatic N) is 1. The summed E-state index contributed by atoms with van der Waals surface area (Å²) in [6.45, 7) is 3.81. The molecule has 1 aromatic heterocycles. The first kappa shape index (κ1) is 20.5. The predicted molar refractivity (Wildman–Crippen MR) is 119 cm³/mol. The lowest BCUT2D eigenvalue weighted by Crippen LogP contribution is -2.21. The minimum absolute atomic E-state index is 0.0143. The summed E-state index contributed by atoms with van der Waals surface area (Å²) in [7, 11) is 0. The number of benzene rings is 2. The summed E-state index contributed by atoms with van der Waals surface area (Å²) in [5, 5.41) is 20.7. The molecule has 1 unspecified atom stereocenters. The number of halogens is 1. The molecule has 156 valence electrons. The molecule has 2 aromatic carbocycles. The Balaban J connectivity index is 1.98. The van der Waals surface area contributed by atoms with Crippen molar-refractivity contribution in [3.8, 4) is 5.75 Å². The second-order valence-corrected chi connectivity index (χ2v) is 8.57. The summed E-state index contributed by atoms with van der Waals surface area (Å²) in [4.78, 5) is 12.8. The lowest BCUT2D eigenvalue weighted by atomic mass is 9.83. The van der Waals surface area contributed by atoms with Gasteiger partial charge in [0.05, 0.1) is 11.4 Å². The highest BCUT2D eigenvalue weighted by Crippen LogP contribution is 2.43. The number of hydrogen-bond acceptors (Lipinski definition) is 3. The average molecular weight is 426 g/mol. The molecule has 2 N–H and O–H groups in total. The highest BCUT2D eigenvalue weighted by molar-refractivity contribution is 7.80. The first-order chi connectivity index (χ1) is 14.3. The van der Waals surface area contributed by atoms with E-state index in [2.05, 4.69) is 0 Å². The summed E-state index contributed by atoms with van der Waals surface area (Å²) in [5.41, 5.74) is 3.67. The molecule has 1 atom stereocenters. The Bertz CT molecular complexity index is 1140. The summed E-state index contributed by atoms with van der Waals surface area (Å²) < 4.78 is 16.1. The first-order valence-corrected chi connectivity index (χ1v) is 10.6. The normalized spacial score (nSPS) is 15.6. The van der Waals surface area contributed by atoms with Gasteiger partial charge in [0.25, 0.3) is 0 Å². The van der Waals surface area contributed by atoms with Gasteiger partial charge in [-0.05, 0) is 44.2 Å². The average Bonchev–Trinajstić information content (AvgIpc) is 3.31. The maximum Gasteiger partial charge on any atom is 0.311 e.